The lowest BCUT2D eigenvalue weighted by Crippen LogP contribution is -2.45. The zero-order valence-electron chi connectivity index (χ0n) is 17.9. The zero-order chi connectivity index (χ0) is 19.9. The third kappa shape index (κ3) is 3.52. The molecule has 0 aromatic carbocycles. The Morgan fingerprint density at radius 2 is 2.14 bits per heavy atom. The van der Waals surface area contributed by atoms with Crippen molar-refractivity contribution in [3.05, 3.63) is 83.3 Å². The second-order valence-electron chi connectivity index (χ2n) is 9.81. The van der Waals surface area contributed by atoms with Crippen molar-refractivity contribution in [3.8, 4) is 0 Å². The van der Waals surface area contributed by atoms with Crippen LogP contribution in [-0.4, -0.2) is 0 Å². The molecule has 4 aliphatic rings. The van der Waals surface area contributed by atoms with Crippen molar-refractivity contribution in [1.29, 1.82) is 0 Å². The van der Waals surface area contributed by atoms with Crippen molar-refractivity contribution in [2.24, 2.45) is 23.2 Å². The molecule has 1 fully saturated rings. The molecule has 3 atom stereocenters. The Kier molecular flexibility index (Phi) is 5.12. The van der Waals surface area contributed by atoms with E-state index in [1.807, 2.05) is 0 Å². The number of fused-ring (bicyclic) bond motifs is 3. The molecule has 28 heavy (non-hydrogen) atoms. The average Bonchev–Trinajstić information content (AvgIpc) is 3.14. The maximum absolute atomic E-state index is 4.35. The largest absolute Gasteiger partial charge is 0.365 e. The molecule has 0 amide bonds. The monoisotopic (exact) mass is 373 g/mol. The molecule has 1 saturated carbocycles. The van der Waals surface area contributed by atoms with Crippen molar-refractivity contribution in [3.63, 3.8) is 0 Å². The molecule has 2 bridgehead atoms. The van der Waals surface area contributed by atoms with Crippen LogP contribution < -0.4 is 5.32 Å². The van der Waals surface area contributed by atoms with Crippen LogP contribution in [0.25, 0.3) is 0 Å². The van der Waals surface area contributed by atoms with Gasteiger partial charge in [0, 0.05) is 11.9 Å². The van der Waals surface area contributed by atoms with E-state index in [1.54, 1.807) is 11.1 Å². The molecule has 0 saturated heterocycles. The molecule has 4 aliphatic carbocycles. The van der Waals surface area contributed by atoms with Crippen LogP contribution in [-0.2, 0) is 0 Å². The third-order valence-electron chi connectivity index (χ3n) is 7.58. The fourth-order valence-electron chi connectivity index (χ4n) is 5.94. The van der Waals surface area contributed by atoms with Crippen molar-refractivity contribution >= 4 is 0 Å². The highest BCUT2D eigenvalue weighted by Gasteiger charge is 2.49. The molecule has 1 N–H and O–H groups in total. The van der Waals surface area contributed by atoms with Crippen LogP contribution in [0.4, 0.5) is 0 Å². The highest BCUT2D eigenvalue weighted by atomic mass is 14.8. The zero-order valence-corrected chi connectivity index (χ0v) is 17.9. The van der Waals surface area contributed by atoms with E-state index < -0.39 is 0 Å². The maximum Gasteiger partial charge on any atom is 0.00764 e. The Morgan fingerprint density at radius 1 is 1.32 bits per heavy atom. The molecule has 0 spiro atoms. The minimum atomic E-state index is 0.255. The molecule has 1 heteroatoms. The van der Waals surface area contributed by atoms with E-state index in [1.165, 1.54) is 42.4 Å². The SMILES string of the molecule is C=C1C=CC2=C(C1)C1C(C)C(=C2)CC(CC(=C)N/C=C/C2=CCCC2)C1(C)C. The summed E-state index contributed by atoms with van der Waals surface area (Å²) < 4.78 is 0. The van der Waals surface area contributed by atoms with Gasteiger partial charge in [-0.2, -0.15) is 0 Å². The molecule has 1 nitrogen and oxygen atoms in total. The van der Waals surface area contributed by atoms with Gasteiger partial charge in [-0.15, -0.1) is 0 Å². The van der Waals surface area contributed by atoms with Gasteiger partial charge in [0.05, 0.1) is 0 Å². The summed E-state index contributed by atoms with van der Waals surface area (Å²) in [4.78, 5) is 0. The standard InChI is InChI=1S/C27H35N/c1-18-10-11-22-16-23-17-24(27(4,5)26(20(23)3)25(22)14-18)15-19(2)28-13-12-21-8-6-7-9-21/h8,10-13,16,20,24,26,28H,1-2,6-7,9,14-15,17H2,3-5H3/b13-12+. The van der Waals surface area contributed by atoms with Gasteiger partial charge in [-0.3, -0.25) is 0 Å². The number of nitrogens with one attached hydrogen (secondary N) is 1. The van der Waals surface area contributed by atoms with Crippen LogP contribution in [0.15, 0.2) is 83.3 Å². The van der Waals surface area contributed by atoms with Crippen LogP contribution in [0.5, 0.6) is 0 Å². The summed E-state index contributed by atoms with van der Waals surface area (Å²) in [6.45, 7) is 16.0. The average molecular weight is 374 g/mol. The van der Waals surface area contributed by atoms with E-state index >= 15 is 0 Å². The van der Waals surface area contributed by atoms with Gasteiger partial charge < -0.3 is 5.32 Å². The van der Waals surface area contributed by atoms with Crippen LogP contribution in [0.3, 0.4) is 0 Å². The summed E-state index contributed by atoms with van der Waals surface area (Å²) >= 11 is 0. The van der Waals surface area contributed by atoms with Crippen molar-refractivity contribution in [2.75, 3.05) is 0 Å². The minimum absolute atomic E-state index is 0.255. The summed E-state index contributed by atoms with van der Waals surface area (Å²) in [5.74, 6) is 1.86. The summed E-state index contributed by atoms with van der Waals surface area (Å²) in [6, 6.07) is 0. The van der Waals surface area contributed by atoms with E-state index in [0.29, 0.717) is 17.8 Å². The highest BCUT2D eigenvalue weighted by Crippen LogP contribution is 2.58. The molecule has 3 unspecified atom stereocenters. The Hall–Kier alpha value is -2.02. The van der Waals surface area contributed by atoms with E-state index in [-0.39, 0.29) is 5.41 Å². The molecule has 148 valence electrons. The van der Waals surface area contributed by atoms with Crippen LogP contribution in [0.2, 0.25) is 0 Å². The molecule has 0 heterocycles. The molecule has 0 radical (unpaired) electrons. The van der Waals surface area contributed by atoms with Crippen molar-refractivity contribution in [1.82, 2.24) is 5.32 Å². The minimum Gasteiger partial charge on any atom is -0.365 e. The maximum atomic E-state index is 4.35. The van der Waals surface area contributed by atoms with Gasteiger partial charge in [0.2, 0.25) is 0 Å². The summed E-state index contributed by atoms with van der Waals surface area (Å²) in [5, 5.41) is 3.46. The van der Waals surface area contributed by atoms with E-state index in [0.717, 1.165) is 18.5 Å². The Morgan fingerprint density at radius 3 is 2.89 bits per heavy atom. The lowest BCUT2D eigenvalue weighted by molar-refractivity contribution is 0.0695. The summed E-state index contributed by atoms with van der Waals surface area (Å²) in [7, 11) is 0. The first-order chi connectivity index (χ1) is 13.4. The van der Waals surface area contributed by atoms with Gasteiger partial charge in [-0.1, -0.05) is 80.5 Å². The normalized spacial score (nSPS) is 31.0. The number of rotatable bonds is 5. The number of hydrogen-bond donors (Lipinski definition) is 1. The molecule has 0 aliphatic heterocycles. The van der Waals surface area contributed by atoms with Crippen molar-refractivity contribution in [2.45, 2.75) is 59.3 Å². The van der Waals surface area contributed by atoms with E-state index in [2.05, 4.69) is 75.8 Å². The lowest BCUT2D eigenvalue weighted by Gasteiger charge is -2.53. The first-order valence-corrected chi connectivity index (χ1v) is 11.0. The van der Waals surface area contributed by atoms with Gasteiger partial charge >= 0.3 is 0 Å². The highest BCUT2D eigenvalue weighted by molar-refractivity contribution is 5.52. The molecule has 0 aromatic heterocycles. The van der Waals surface area contributed by atoms with Gasteiger partial charge in [0.15, 0.2) is 0 Å². The fourth-order valence-corrected chi connectivity index (χ4v) is 5.94. The molecule has 0 aromatic rings. The van der Waals surface area contributed by atoms with Gasteiger partial charge in [-0.25, -0.2) is 0 Å². The predicted molar refractivity (Wildman–Crippen MR) is 121 cm³/mol. The topological polar surface area (TPSA) is 12.0 Å². The van der Waals surface area contributed by atoms with Gasteiger partial charge in [0.1, 0.15) is 0 Å². The Labute approximate surface area is 171 Å². The number of hydrogen-bond acceptors (Lipinski definition) is 1. The van der Waals surface area contributed by atoms with E-state index in [4.69, 9.17) is 0 Å². The van der Waals surface area contributed by atoms with Gasteiger partial charge in [0.25, 0.3) is 0 Å². The second kappa shape index (κ2) is 7.43. The summed E-state index contributed by atoms with van der Waals surface area (Å²) in [5.41, 5.74) is 8.81. The van der Waals surface area contributed by atoms with Crippen LogP contribution >= 0.6 is 0 Å². The fraction of sp³-hybridized carbons (Fsp3) is 0.481. The Bertz CT molecular complexity index is 839. The summed E-state index contributed by atoms with van der Waals surface area (Å²) in [6.07, 6.45) is 20.6. The second-order valence-corrected chi connectivity index (χ2v) is 9.81. The van der Waals surface area contributed by atoms with Crippen LogP contribution in [0, 0.1) is 23.2 Å². The van der Waals surface area contributed by atoms with Gasteiger partial charge in [-0.05, 0) is 73.3 Å². The quantitative estimate of drug-likeness (QED) is 0.539. The molecular weight excluding hydrogens is 338 g/mol. The smallest absolute Gasteiger partial charge is 0.00764 e. The number of allylic oxidation sites excluding steroid dienone is 11. The predicted octanol–water partition coefficient (Wildman–Crippen LogP) is 7.15. The van der Waals surface area contributed by atoms with Crippen molar-refractivity contribution < 1.29 is 0 Å². The molecule has 4 rings (SSSR count). The third-order valence-corrected chi connectivity index (χ3v) is 7.58. The first kappa shape index (κ1) is 19.3. The van der Waals surface area contributed by atoms with E-state index in [9.17, 15) is 0 Å². The lowest BCUT2D eigenvalue weighted by atomic mass is 9.51. The van der Waals surface area contributed by atoms with Crippen LogP contribution in [0.1, 0.15) is 59.3 Å². The first-order valence-electron chi connectivity index (χ1n) is 11.0. The Balaban J connectivity index is 1.49. The molecular formula is C27H35N.